The maximum absolute atomic E-state index is 12.6. The molecule has 0 spiro atoms. The number of aromatic hydroxyl groups is 1. The summed E-state index contributed by atoms with van der Waals surface area (Å²) in [5.41, 5.74) is -2.41. The Hall–Kier alpha value is -1.98. The lowest BCUT2D eigenvalue weighted by Gasteiger charge is -2.11. The number of halogens is 3. The second-order valence-electron chi connectivity index (χ2n) is 3.22. The van der Waals surface area contributed by atoms with Crippen molar-refractivity contribution >= 4 is 10.9 Å². The summed E-state index contributed by atoms with van der Waals surface area (Å²) < 4.78 is 37.9. The van der Waals surface area contributed by atoms with Crippen LogP contribution in [-0.4, -0.2) is 10.1 Å². The molecule has 2 aromatic rings. The number of fused-ring (bicyclic) bond motifs is 1. The van der Waals surface area contributed by atoms with Crippen molar-refractivity contribution in [2.75, 3.05) is 0 Å². The number of benzene rings is 1. The third-order valence-electron chi connectivity index (χ3n) is 2.18. The van der Waals surface area contributed by atoms with Gasteiger partial charge in [0.25, 0.3) is 5.56 Å². The minimum Gasteiger partial charge on any atom is -0.503 e. The van der Waals surface area contributed by atoms with Crippen molar-refractivity contribution in [1.82, 2.24) is 4.98 Å². The maximum Gasteiger partial charge on any atom is 0.420 e. The molecule has 0 unspecified atom stereocenters. The molecule has 2 rings (SSSR count). The highest BCUT2D eigenvalue weighted by Gasteiger charge is 2.37. The second-order valence-corrected chi connectivity index (χ2v) is 3.22. The summed E-state index contributed by atoms with van der Waals surface area (Å²) >= 11 is 0. The van der Waals surface area contributed by atoms with Gasteiger partial charge in [-0.25, -0.2) is 0 Å². The third kappa shape index (κ3) is 1.52. The van der Waals surface area contributed by atoms with E-state index in [1.54, 1.807) is 0 Å². The highest BCUT2D eigenvalue weighted by Crippen LogP contribution is 2.37. The summed E-state index contributed by atoms with van der Waals surface area (Å²) in [5.74, 6) is -1.30. The number of alkyl halides is 3. The smallest absolute Gasteiger partial charge is 0.420 e. The van der Waals surface area contributed by atoms with E-state index in [9.17, 15) is 18.0 Å². The zero-order chi connectivity index (χ0) is 11.9. The predicted molar refractivity (Wildman–Crippen MR) is 51.2 cm³/mol. The van der Waals surface area contributed by atoms with Crippen molar-refractivity contribution in [1.29, 1.82) is 0 Å². The summed E-state index contributed by atoms with van der Waals surface area (Å²) in [4.78, 5) is 13.3. The number of rotatable bonds is 0. The van der Waals surface area contributed by atoms with Crippen LogP contribution in [0.15, 0.2) is 29.1 Å². The summed E-state index contributed by atoms with van der Waals surface area (Å²) in [5, 5.41) is 8.94. The molecule has 16 heavy (non-hydrogen) atoms. The molecule has 1 aromatic heterocycles. The van der Waals surface area contributed by atoms with Gasteiger partial charge in [0.1, 0.15) is 5.56 Å². The third-order valence-corrected chi connectivity index (χ3v) is 2.18. The molecule has 0 saturated carbocycles. The topological polar surface area (TPSA) is 53.1 Å². The van der Waals surface area contributed by atoms with Crippen LogP contribution in [0.1, 0.15) is 5.56 Å². The minimum absolute atomic E-state index is 0.0395. The molecule has 1 aromatic carbocycles. The Bertz CT molecular complexity index is 601. The van der Waals surface area contributed by atoms with E-state index in [-0.39, 0.29) is 10.9 Å². The Kier molecular flexibility index (Phi) is 2.15. The predicted octanol–water partition coefficient (Wildman–Crippen LogP) is 2.25. The fourth-order valence-corrected chi connectivity index (χ4v) is 1.52. The Balaban J connectivity index is 2.99. The van der Waals surface area contributed by atoms with Crippen molar-refractivity contribution in [2.24, 2.45) is 0 Å². The quantitative estimate of drug-likeness (QED) is 0.727. The van der Waals surface area contributed by atoms with Crippen LogP contribution in [0, 0.1) is 0 Å². The Morgan fingerprint density at radius 3 is 2.44 bits per heavy atom. The fraction of sp³-hybridized carbons (Fsp3) is 0.100. The number of hydrogen-bond donors (Lipinski definition) is 2. The molecular formula is C10H6F3NO2. The molecule has 0 amide bonds. The first-order valence-electron chi connectivity index (χ1n) is 4.32. The zero-order valence-corrected chi connectivity index (χ0v) is 7.80. The zero-order valence-electron chi connectivity index (χ0n) is 7.80. The van der Waals surface area contributed by atoms with Crippen molar-refractivity contribution in [3.63, 3.8) is 0 Å². The molecule has 0 fully saturated rings. The largest absolute Gasteiger partial charge is 0.503 e. The number of para-hydroxylation sites is 1. The molecule has 84 valence electrons. The van der Waals surface area contributed by atoms with E-state index < -0.39 is 23.0 Å². The number of pyridine rings is 1. The minimum atomic E-state index is -4.77. The van der Waals surface area contributed by atoms with Gasteiger partial charge in [-0.1, -0.05) is 18.2 Å². The Morgan fingerprint density at radius 1 is 1.19 bits per heavy atom. The summed E-state index contributed by atoms with van der Waals surface area (Å²) in [6.45, 7) is 0. The van der Waals surface area contributed by atoms with Crippen LogP contribution in [0.4, 0.5) is 13.2 Å². The molecule has 0 radical (unpaired) electrons. The van der Waals surface area contributed by atoms with Crippen molar-refractivity contribution in [3.05, 3.63) is 40.2 Å². The van der Waals surface area contributed by atoms with Crippen molar-refractivity contribution in [2.45, 2.75) is 6.18 Å². The Labute approximate surface area is 87.2 Å². The van der Waals surface area contributed by atoms with Gasteiger partial charge < -0.3 is 10.1 Å². The molecule has 0 saturated heterocycles. The lowest BCUT2D eigenvalue weighted by atomic mass is 10.1. The summed E-state index contributed by atoms with van der Waals surface area (Å²) in [6.07, 6.45) is -4.77. The van der Waals surface area contributed by atoms with Gasteiger partial charge >= 0.3 is 6.18 Å². The first-order chi connectivity index (χ1) is 7.41. The molecule has 3 nitrogen and oxygen atoms in total. The number of aromatic nitrogens is 1. The van der Waals surface area contributed by atoms with Crippen LogP contribution in [0.2, 0.25) is 0 Å². The van der Waals surface area contributed by atoms with Gasteiger partial charge in [-0.05, 0) is 6.07 Å². The fourth-order valence-electron chi connectivity index (χ4n) is 1.52. The second kappa shape index (κ2) is 3.26. The van der Waals surface area contributed by atoms with Gasteiger partial charge in [-0.2, -0.15) is 13.2 Å². The van der Waals surface area contributed by atoms with E-state index in [1.165, 1.54) is 24.3 Å². The van der Waals surface area contributed by atoms with Crippen LogP contribution >= 0.6 is 0 Å². The molecule has 0 bridgehead atoms. The van der Waals surface area contributed by atoms with Gasteiger partial charge in [0.2, 0.25) is 0 Å². The normalized spacial score (nSPS) is 11.9. The van der Waals surface area contributed by atoms with E-state index in [0.29, 0.717) is 0 Å². The van der Waals surface area contributed by atoms with E-state index in [0.717, 1.165) is 0 Å². The van der Waals surface area contributed by atoms with Gasteiger partial charge in [0.15, 0.2) is 5.75 Å². The van der Waals surface area contributed by atoms with E-state index in [2.05, 4.69) is 4.98 Å². The van der Waals surface area contributed by atoms with E-state index in [1.807, 2.05) is 0 Å². The van der Waals surface area contributed by atoms with Gasteiger partial charge in [0, 0.05) is 10.9 Å². The Morgan fingerprint density at radius 2 is 1.81 bits per heavy atom. The number of aromatic amines is 1. The molecule has 0 aliphatic rings. The summed E-state index contributed by atoms with van der Waals surface area (Å²) in [6, 6.07) is 5.42. The lowest BCUT2D eigenvalue weighted by molar-refractivity contribution is -0.137. The average Bonchev–Trinajstić information content (AvgIpc) is 2.17. The molecule has 0 atom stereocenters. The first kappa shape index (κ1) is 10.5. The first-order valence-corrected chi connectivity index (χ1v) is 4.32. The standard InChI is InChI=1S/C10H6F3NO2/c11-10(12,13)7-5-3-1-2-4-6(5)14-9(16)8(7)15/h1-4,15H,(H,14,16). The van der Waals surface area contributed by atoms with Crippen LogP contribution in [-0.2, 0) is 6.18 Å². The highest BCUT2D eigenvalue weighted by molar-refractivity contribution is 5.84. The summed E-state index contributed by atoms with van der Waals surface area (Å²) in [7, 11) is 0. The molecule has 1 heterocycles. The molecule has 0 aliphatic heterocycles. The number of hydrogen-bond acceptors (Lipinski definition) is 2. The molecular weight excluding hydrogens is 223 g/mol. The van der Waals surface area contributed by atoms with Gasteiger partial charge in [0.05, 0.1) is 0 Å². The van der Waals surface area contributed by atoms with Gasteiger partial charge in [-0.15, -0.1) is 0 Å². The lowest BCUT2D eigenvalue weighted by Crippen LogP contribution is -2.15. The van der Waals surface area contributed by atoms with E-state index in [4.69, 9.17) is 5.11 Å². The number of nitrogens with one attached hydrogen (secondary N) is 1. The van der Waals surface area contributed by atoms with Crippen LogP contribution in [0.25, 0.3) is 10.9 Å². The van der Waals surface area contributed by atoms with Crippen LogP contribution < -0.4 is 5.56 Å². The molecule has 6 heteroatoms. The van der Waals surface area contributed by atoms with Gasteiger partial charge in [-0.3, -0.25) is 4.79 Å². The number of H-pyrrole nitrogens is 1. The SMILES string of the molecule is O=c1[nH]c2ccccc2c(C(F)(F)F)c1O. The van der Waals surface area contributed by atoms with Crippen LogP contribution in [0.3, 0.4) is 0 Å². The monoisotopic (exact) mass is 229 g/mol. The average molecular weight is 229 g/mol. The van der Waals surface area contributed by atoms with E-state index >= 15 is 0 Å². The van der Waals surface area contributed by atoms with Crippen molar-refractivity contribution < 1.29 is 18.3 Å². The highest BCUT2D eigenvalue weighted by atomic mass is 19.4. The molecule has 0 aliphatic carbocycles. The molecule has 2 N–H and O–H groups in total. The van der Waals surface area contributed by atoms with Crippen molar-refractivity contribution in [3.8, 4) is 5.75 Å². The van der Waals surface area contributed by atoms with Crippen LogP contribution in [0.5, 0.6) is 5.75 Å². The maximum atomic E-state index is 12.6.